The highest BCUT2D eigenvalue weighted by molar-refractivity contribution is 7.79. The maximum atomic E-state index is 4.60. The quantitative estimate of drug-likeness (QED) is 0.631. The largest absolute Gasteiger partial charge is 0.353 e. The van der Waals surface area contributed by atoms with Gasteiger partial charge >= 0.3 is 0 Å². The van der Waals surface area contributed by atoms with E-state index in [2.05, 4.69) is 17.5 Å². The summed E-state index contributed by atoms with van der Waals surface area (Å²) in [5.41, 5.74) is 2.53. The van der Waals surface area contributed by atoms with Crippen molar-refractivity contribution in [3.05, 3.63) is 30.3 Å². The monoisotopic (exact) mass is 139 g/mol. The Morgan fingerprint density at radius 2 is 2.00 bits per heavy atom. The summed E-state index contributed by atoms with van der Waals surface area (Å²) in [7, 11) is 0. The first-order chi connectivity index (χ1) is 4.43. The fourth-order valence-electron chi connectivity index (χ4n) is 0.602. The van der Waals surface area contributed by atoms with Gasteiger partial charge in [-0.1, -0.05) is 30.4 Å². The van der Waals surface area contributed by atoms with Gasteiger partial charge in [-0.3, -0.25) is 0 Å². The number of thiocarbonyl (C=S) groups is 1. The first-order valence-electron chi connectivity index (χ1n) is 2.69. The van der Waals surface area contributed by atoms with Gasteiger partial charge in [0, 0.05) is 7.11 Å². The van der Waals surface area contributed by atoms with E-state index in [-0.39, 0.29) is 1.43 Å². The van der Waals surface area contributed by atoms with Gasteiger partial charge in [0.15, 0.2) is 0 Å². The molecule has 0 bridgehead atoms. The van der Waals surface area contributed by atoms with E-state index >= 15 is 0 Å². The van der Waals surface area contributed by atoms with Crippen LogP contribution in [0.2, 0.25) is 0 Å². The van der Waals surface area contributed by atoms with Gasteiger partial charge in [-0.05, 0) is 12.1 Å². The summed E-state index contributed by atoms with van der Waals surface area (Å²) in [6.07, 6.45) is 0. The summed E-state index contributed by atoms with van der Waals surface area (Å²) in [6.45, 7) is 0. The fraction of sp³-hybridized carbons (Fsp3) is 0. The van der Waals surface area contributed by atoms with E-state index in [9.17, 15) is 0 Å². The van der Waals surface area contributed by atoms with Crippen LogP contribution in [0, 0.1) is 0 Å². The van der Waals surface area contributed by atoms with E-state index in [4.69, 9.17) is 0 Å². The van der Waals surface area contributed by atoms with Crippen molar-refractivity contribution in [2.24, 2.45) is 0 Å². The lowest BCUT2D eigenvalue weighted by atomic mass is 10.3. The van der Waals surface area contributed by atoms with Crippen LogP contribution < -0.4 is 5.32 Å². The average molecular weight is 139 g/mol. The molecule has 1 nitrogen and oxygen atoms in total. The lowest BCUT2D eigenvalue weighted by Crippen LogP contribution is -1.89. The zero-order chi connectivity index (χ0) is 6.53. The van der Waals surface area contributed by atoms with Crippen LogP contribution >= 0.6 is 12.2 Å². The van der Waals surface area contributed by atoms with E-state index in [1.54, 1.807) is 0 Å². The Labute approximate surface area is 61.2 Å². The Morgan fingerprint density at radius 1 is 1.33 bits per heavy atom. The van der Waals surface area contributed by atoms with Crippen molar-refractivity contribution in [1.29, 1.82) is 0 Å². The Bertz CT molecular complexity index is 188. The number of anilines is 1. The highest BCUT2D eigenvalue weighted by Gasteiger charge is 1.80. The molecule has 0 aromatic heterocycles. The summed E-state index contributed by atoms with van der Waals surface area (Å²) < 4.78 is 0. The zero-order valence-corrected chi connectivity index (χ0v) is 5.69. The van der Waals surface area contributed by atoms with Gasteiger partial charge in [-0.2, -0.15) is 0 Å². The highest BCUT2D eigenvalue weighted by atomic mass is 32.1. The van der Waals surface area contributed by atoms with E-state index in [0.29, 0.717) is 0 Å². The normalized spacial score (nSPS) is 8.44. The molecule has 48 valence electrons. The van der Waals surface area contributed by atoms with Gasteiger partial charge in [0.25, 0.3) is 0 Å². The maximum absolute atomic E-state index is 4.60. The molecule has 0 aliphatic heterocycles. The summed E-state index contributed by atoms with van der Waals surface area (Å²) in [6, 6.07) is 9.81. The number of hydrogen-bond donors (Lipinski definition) is 1. The van der Waals surface area contributed by atoms with Crippen molar-refractivity contribution in [3.63, 3.8) is 0 Å². The molecule has 0 spiro atoms. The molecule has 0 amide bonds. The number of benzene rings is 1. The standard InChI is InChI=1S/C7H7NS.H2/c9-6-8-7-4-2-1-3-5-7;/h1-6H,(H,8,9);1H. The van der Waals surface area contributed by atoms with Crippen LogP contribution in [-0.2, 0) is 0 Å². The highest BCUT2D eigenvalue weighted by Crippen LogP contribution is 2.02. The van der Waals surface area contributed by atoms with Gasteiger partial charge in [0.05, 0.1) is 5.49 Å². The topological polar surface area (TPSA) is 12.0 Å². The maximum Gasteiger partial charge on any atom is 0.0658 e. The molecular formula is C7H9NS. The molecule has 0 saturated carbocycles. The van der Waals surface area contributed by atoms with Crippen molar-refractivity contribution in [2.75, 3.05) is 5.32 Å². The SMILES string of the molecule is S=CNc1ccccc1.[HH]. The Balaban J connectivity index is 0.000000810. The summed E-state index contributed by atoms with van der Waals surface area (Å²) in [4.78, 5) is 0. The molecule has 1 N–H and O–H groups in total. The van der Waals surface area contributed by atoms with Crippen LogP contribution in [0.5, 0.6) is 0 Å². The Hall–Kier alpha value is -0.890. The second kappa shape index (κ2) is 3.20. The fourth-order valence-corrected chi connectivity index (χ4v) is 0.739. The Kier molecular flexibility index (Phi) is 2.22. The summed E-state index contributed by atoms with van der Waals surface area (Å²) >= 11 is 4.60. The lowest BCUT2D eigenvalue weighted by Gasteiger charge is -1.94. The van der Waals surface area contributed by atoms with Crippen molar-refractivity contribution >= 4 is 23.4 Å². The molecule has 0 aliphatic rings. The van der Waals surface area contributed by atoms with Crippen molar-refractivity contribution in [3.8, 4) is 0 Å². The van der Waals surface area contributed by atoms with Crippen LogP contribution in [0.1, 0.15) is 1.43 Å². The van der Waals surface area contributed by atoms with E-state index < -0.39 is 0 Å². The molecule has 1 rings (SSSR count). The van der Waals surface area contributed by atoms with Gasteiger partial charge in [-0.25, -0.2) is 0 Å². The van der Waals surface area contributed by atoms with Crippen molar-refractivity contribution < 1.29 is 1.43 Å². The van der Waals surface area contributed by atoms with Crippen molar-refractivity contribution in [1.82, 2.24) is 0 Å². The molecule has 0 fully saturated rings. The molecule has 0 atom stereocenters. The van der Waals surface area contributed by atoms with Crippen LogP contribution in [0.4, 0.5) is 5.69 Å². The predicted molar refractivity (Wildman–Crippen MR) is 45.8 cm³/mol. The van der Waals surface area contributed by atoms with Crippen LogP contribution in [0.3, 0.4) is 0 Å². The number of rotatable bonds is 2. The van der Waals surface area contributed by atoms with Crippen LogP contribution in [-0.4, -0.2) is 5.49 Å². The molecule has 0 saturated heterocycles. The minimum atomic E-state index is 0. The molecule has 2 heteroatoms. The summed E-state index contributed by atoms with van der Waals surface area (Å²) in [5.74, 6) is 0. The average Bonchev–Trinajstić information content (AvgIpc) is 1.91. The summed E-state index contributed by atoms with van der Waals surface area (Å²) in [5, 5.41) is 2.90. The third kappa shape index (κ3) is 1.82. The number of nitrogens with one attached hydrogen (secondary N) is 1. The van der Waals surface area contributed by atoms with E-state index in [1.807, 2.05) is 30.3 Å². The first kappa shape index (κ1) is 6.23. The van der Waals surface area contributed by atoms with Crippen molar-refractivity contribution in [2.45, 2.75) is 0 Å². The van der Waals surface area contributed by atoms with Gasteiger partial charge in [0.1, 0.15) is 0 Å². The van der Waals surface area contributed by atoms with Gasteiger partial charge in [0.2, 0.25) is 0 Å². The molecule has 0 aliphatic carbocycles. The predicted octanol–water partition coefficient (Wildman–Crippen LogP) is 2.30. The second-order valence-corrected chi connectivity index (χ2v) is 1.86. The molecule has 0 heterocycles. The third-order valence-electron chi connectivity index (χ3n) is 0.999. The van der Waals surface area contributed by atoms with Gasteiger partial charge < -0.3 is 5.32 Å². The van der Waals surface area contributed by atoms with Gasteiger partial charge in [-0.15, -0.1) is 0 Å². The molecule has 1 aromatic carbocycles. The van der Waals surface area contributed by atoms with Crippen LogP contribution in [0.25, 0.3) is 0 Å². The third-order valence-corrected chi connectivity index (χ3v) is 1.12. The minimum Gasteiger partial charge on any atom is -0.353 e. The zero-order valence-electron chi connectivity index (χ0n) is 4.87. The number of para-hydroxylation sites is 1. The first-order valence-corrected chi connectivity index (χ1v) is 3.16. The van der Waals surface area contributed by atoms with E-state index in [0.717, 1.165) is 5.69 Å². The molecule has 0 unspecified atom stereocenters. The minimum absolute atomic E-state index is 0. The molecular weight excluding hydrogens is 130 g/mol. The van der Waals surface area contributed by atoms with E-state index in [1.165, 1.54) is 5.49 Å². The number of hydrogen-bond acceptors (Lipinski definition) is 1. The Morgan fingerprint density at radius 3 is 2.56 bits per heavy atom. The second-order valence-electron chi connectivity index (χ2n) is 1.63. The molecule has 9 heavy (non-hydrogen) atoms. The molecule has 1 aromatic rings. The smallest absolute Gasteiger partial charge is 0.0658 e. The molecule has 0 radical (unpaired) electrons. The van der Waals surface area contributed by atoms with Crippen LogP contribution in [0.15, 0.2) is 30.3 Å². The lowest BCUT2D eigenvalue weighted by molar-refractivity contribution is 1.67.